The van der Waals surface area contributed by atoms with E-state index >= 15 is 0 Å². The molecule has 0 saturated heterocycles. The van der Waals surface area contributed by atoms with Gasteiger partial charge in [-0.15, -0.1) is 0 Å². The first-order chi connectivity index (χ1) is 9.29. The number of halogens is 1. The number of carboxylic acids is 1. The van der Waals surface area contributed by atoms with Crippen LogP contribution in [0.4, 0.5) is 0 Å². The molecular formula is C13H14ClNO4S. The van der Waals surface area contributed by atoms with Crippen LogP contribution in [0, 0.1) is 18.3 Å². The average molecular weight is 316 g/mol. The van der Waals surface area contributed by atoms with E-state index in [4.69, 9.17) is 22.0 Å². The monoisotopic (exact) mass is 315 g/mol. The van der Waals surface area contributed by atoms with Gasteiger partial charge in [-0.1, -0.05) is 11.6 Å². The molecule has 7 heteroatoms. The van der Waals surface area contributed by atoms with Gasteiger partial charge in [0.15, 0.2) is 9.84 Å². The highest BCUT2D eigenvalue weighted by molar-refractivity contribution is 7.91. The number of nitrogens with zero attached hydrogens (tertiary/aromatic N) is 1. The van der Waals surface area contributed by atoms with E-state index in [1.807, 2.05) is 6.07 Å². The van der Waals surface area contributed by atoms with Crippen LogP contribution in [0.3, 0.4) is 0 Å². The third kappa shape index (κ3) is 3.95. The zero-order valence-corrected chi connectivity index (χ0v) is 12.5. The number of carboxylic acid groups (broad SMARTS) is 1. The molecule has 0 radical (unpaired) electrons. The summed E-state index contributed by atoms with van der Waals surface area (Å²) in [6.45, 7) is 1.45. The second-order valence-electron chi connectivity index (χ2n) is 4.32. The zero-order chi connectivity index (χ0) is 15.3. The number of nitriles is 1. The van der Waals surface area contributed by atoms with Gasteiger partial charge in [0.1, 0.15) is 0 Å². The number of rotatable bonds is 6. The van der Waals surface area contributed by atoms with Crippen LogP contribution in [0.15, 0.2) is 17.0 Å². The summed E-state index contributed by atoms with van der Waals surface area (Å²) in [7, 11) is -3.61. The fraction of sp³-hybridized carbons (Fsp3) is 0.385. The molecule has 0 unspecified atom stereocenters. The summed E-state index contributed by atoms with van der Waals surface area (Å²) >= 11 is 5.79. The summed E-state index contributed by atoms with van der Waals surface area (Å²) in [5, 5.41) is 17.5. The van der Waals surface area contributed by atoms with Crippen LogP contribution in [-0.2, 0) is 9.84 Å². The lowest BCUT2D eigenvalue weighted by Crippen LogP contribution is -2.11. The Labute approximate surface area is 122 Å². The summed E-state index contributed by atoms with van der Waals surface area (Å²) in [5.74, 6) is -1.35. The van der Waals surface area contributed by atoms with Gasteiger partial charge in [0.2, 0.25) is 0 Å². The maximum Gasteiger partial charge on any atom is 0.336 e. The predicted octanol–water partition coefficient (Wildman–Crippen LogP) is 2.81. The van der Waals surface area contributed by atoms with E-state index in [1.54, 1.807) is 0 Å². The third-order valence-corrected chi connectivity index (χ3v) is 4.98. The van der Waals surface area contributed by atoms with Crippen molar-refractivity contribution in [1.29, 1.82) is 5.26 Å². The molecule has 0 aliphatic heterocycles. The van der Waals surface area contributed by atoms with Gasteiger partial charge in [-0.3, -0.25) is 0 Å². The highest BCUT2D eigenvalue weighted by Gasteiger charge is 2.21. The van der Waals surface area contributed by atoms with Crippen LogP contribution >= 0.6 is 11.6 Å². The number of sulfone groups is 1. The second kappa shape index (κ2) is 6.73. The number of aromatic carboxylic acids is 1. The third-order valence-electron chi connectivity index (χ3n) is 2.84. The Balaban J connectivity index is 3.12. The maximum absolute atomic E-state index is 12.2. The van der Waals surface area contributed by atoms with Crippen LogP contribution in [-0.4, -0.2) is 25.2 Å². The maximum atomic E-state index is 12.2. The van der Waals surface area contributed by atoms with Crippen molar-refractivity contribution in [3.63, 3.8) is 0 Å². The van der Waals surface area contributed by atoms with Gasteiger partial charge < -0.3 is 5.11 Å². The van der Waals surface area contributed by atoms with E-state index in [1.165, 1.54) is 19.1 Å². The quantitative estimate of drug-likeness (QED) is 0.814. The molecule has 1 N–H and O–H groups in total. The molecule has 1 aromatic rings. The molecule has 0 fully saturated rings. The Hall–Kier alpha value is -1.58. The van der Waals surface area contributed by atoms with E-state index in [-0.39, 0.29) is 26.8 Å². The molecule has 0 spiro atoms. The molecule has 20 heavy (non-hydrogen) atoms. The van der Waals surface area contributed by atoms with Crippen molar-refractivity contribution < 1.29 is 18.3 Å². The summed E-state index contributed by atoms with van der Waals surface area (Å²) in [4.78, 5) is 11.0. The number of hydrogen-bond acceptors (Lipinski definition) is 4. The minimum absolute atomic E-state index is 0.0562. The minimum Gasteiger partial charge on any atom is -0.478 e. The van der Waals surface area contributed by atoms with Gasteiger partial charge in [-0.2, -0.15) is 5.26 Å². The van der Waals surface area contributed by atoms with E-state index in [2.05, 4.69) is 0 Å². The molecule has 0 saturated carbocycles. The molecule has 0 amide bonds. The molecule has 0 aromatic heterocycles. The molecule has 0 aliphatic rings. The number of hydrogen-bond donors (Lipinski definition) is 1. The Morgan fingerprint density at radius 1 is 1.40 bits per heavy atom. The highest BCUT2D eigenvalue weighted by atomic mass is 35.5. The van der Waals surface area contributed by atoms with Crippen LogP contribution in [0.2, 0.25) is 5.02 Å². The standard InChI is InChI=1S/C13H14ClNO4S/c1-9-11(13(16)17)7-10(14)8-12(9)20(18,19)6-4-2-3-5-15/h7-8H,2-4,6H2,1H3,(H,16,17). The average Bonchev–Trinajstić information content (AvgIpc) is 2.36. The predicted molar refractivity (Wildman–Crippen MR) is 74.7 cm³/mol. The van der Waals surface area contributed by atoms with Gasteiger partial charge in [0, 0.05) is 11.4 Å². The van der Waals surface area contributed by atoms with E-state index in [9.17, 15) is 13.2 Å². The summed E-state index contributed by atoms with van der Waals surface area (Å²) < 4.78 is 24.4. The van der Waals surface area contributed by atoms with Crippen LogP contribution in [0.5, 0.6) is 0 Å². The first kappa shape index (κ1) is 16.5. The van der Waals surface area contributed by atoms with Gasteiger partial charge in [-0.05, 0) is 37.5 Å². The molecule has 0 atom stereocenters. The Morgan fingerprint density at radius 2 is 2.05 bits per heavy atom. The fourth-order valence-corrected chi connectivity index (χ4v) is 3.78. The molecule has 108 valence electrons. The summed E-state index contributed by atoms with van der Waals surface area (Å²) in [6, 6.07) is 4.44. The number of benzene rings is 1. The van der Waals surface area contributed by atoms with Gasteiger partial charge in [0.05, 0.1) is 22.3 Å². The van der Waals surface area contributed by atoms with Crippen LogP contribution in [0.1, 0.15) is 35.2 Å². The largest absolute Gasteiger partial charge is 0.478 e. The number of carbonyl (C=O) groups is 1. The smallest absolute Gasteiger partial charge is 0.336 e. The highest BCUT2D eigenvalue weighted by Crippen LogP contribution is 2.26. The second-order valence-corrected chi connectivity index (χ2v) is 6.83. The SMILES string of the molecule is Cc1c(C(=O)O)cc(Cl)cc1S(=O)(=O)CCCCC#N. The van der Waals surface area contributed by atoms with Gasteiger partial charge >= 0.3 is 5.97 Å². The topological polar surface area (TPSA) is 95.2 Å². The number of unbranched alkanes of at least 4 members (excludes halogenated alkanes) is 2. The molecule has 0 aliphatic carbocycles. The van der Waals surface area contributed by atoms with Crippen molar-refractivity contribution >= 4 is 27.4 Å². The first-order valence-electron chi connectivity index (χ1n) is 5.92. The van der Waals surface area contributed by atoms with Crippen molar-refractivity contribution in [2.45, 2.75) is 31.1 Å². The lowest BCUT2D eigenvalue weighted by Gasteiger charge is -2.10. The van der Waals surface area contributed by atoms with Crippen molar-refractivity contribution in [2.24, 2.45) is 0 Å². The Morgan fingerprint density at radius 3 is 2.60 bits per heavy atom. The molecule has 1 aromatic carbocycles. The van der Waals surface area contributed by atoms with Gasteiger partial charge in [-0.25, -0.2) is 13.2 Å². The molecule has 0 heterocycles. The summed E-state index contributed by atoms with van der Waals surface area (Å²) in [5.41, 5.74) is 0.0651. The molecular weight excluding hydrogens is 302 g/mol. The molecule has 0 bridgehead atoms. The van der Waals surface area contributed by atoms with Crippen molar-refractivity contribution in [3.8, 4) is 6.07 Å². The first-order valence-corrected chi connectivity index (χ1v) is 7.95. The van der Waals surface area contributed by atoms with Gasteiger partial charge in [0.25, 0.3) is 0 Å². The minimum atomic E-state index is -3.61. The van der Waals surface area contributed by atoms with E-state index in [0.29, 0.717) is 19.3 Å². The van der Waals surface area contributed by atoms with Crippen molar-refractivity contribution in [3.05, 3.63) is 28.3 Å². The van der Waals surface area contributed by atoms with Crippen molar-refractivity contribution in [1.82, 2.24) is 0 Å². The normalized spacial score (nSPS) is 11.1. The van der Waals surface area contributed by atoms with E-state index in [0.717, 1.165) is 0 Å². The molecule has 5 nitrogen and oxygen atoms in total. The van der Waals surface area contributed by atoms with Crippen molar-refractivity contribution in [2.75, 3.05) is 5.75 Å². The van der Waals surface area contributed by atoms with Crippen LogP contribution < -0.4 is 0 Å². The summed E-state index contributed by atoms with van der Waals surface area (Å²) in [6.07, 6.45) is 1.13. The van der Waals surface area contributed by atoms with Crippen LogP contribution in [0.25, 0.3) is 0 Å². The Bertz CT molecular complexity index is 662. The van der Waals surface area contributed by atoms with E-state index < -0.39 is 15.8 Å². The Kier molecular flexibility index (Phi) is 5.54. The molecule has 1 rings (SSSR count). The zero-order valence-electron chi connectivity index (χ0n) is 10.9. The fourth-order valence-electron chi connectivity index (χ4n) is 1.81. The lowest BCUT2D eigenvalue weighted by atomic mass is 10.1. The lowest BCUT2D eigenvalue weighted by molar-refractivity contribution is 0.0696.